The quantitative estimate of drug-likeness (QED) is 0.283. The Hall–Kier alpha value is -3.97. The zero-order chi connectivity index (χ0) is 27.2. The first-order valence-electron chi connectivity index (χ1n) is 12.9. The molecule has 7 heteroatoms. The minimum Gasteiger partial charge on any atom is -0.495 e. The number of para-hydroxylation sites is 1. The molecule has 0 saturated heterocycles. The van der Waals surface area contributed by atoms with Crippen molar-refractivity contribution in [2.75, 3.05) is 27.4 Å². The standard InChI is InChI=1S/C31H35N3O4/c1-6-24(23-12-8-7-9-13-23)30(35)33(18-19-37-4)22(3)29-32-26-15-11-10-14-25(26)31(36)34(29)27-20-21(2)16-17-28(27)38-5/h7-17,20,22,24H,6,18-19H2,1-5H3. The first kappa shape index (κ1) is 27.1. The van der Waals surface area contributed by atoms with Crippen LogP contribution in [0, 0.1) is 6.92 Å². The number of aryl methyl sites for hydroxylation is 1. The lowest BCUT2D eigenvalue weighted by atomic mass is 9.94. The fraction of sp³-hybridized carbons (Fsp3) is 0.323. The molecule has 0 aliphatic carbocycles. The number of hydrogen-bond donors (Lipinski definition) is 0. The second-order valence-corrected chi connectivity index (χ2v) is 9.37. The van der Waals surface area contributed by atoms with Crippen LogP contribution in [0.15, 0.2) is 77.6 Å². The van der Waals surface area contributed by atoms with Crippen molar-refractivity contribution in [2.24, 2.45) is 0 Å². The van der Waals surface area contributed by atoms with Crippen LogP contribution in [-0.4, -0.2) is 47.7 Å². The molecule has 0 bridgehead atoms. The third-order valence-corrected chi connectivity index (χ3v) is 6.95. The van der Waals surface area contributed by atoms with Gasteiger partial charge in [0.1, 0.15) is 11.6 Å². The molecule has 4 aromatic rings. The second-order valence-electron chi connectivity index (χ2n) is 9.37. The maximum Gasteiger partial charge on any atom is 0.266 e. The number of methoxy groups -OCH3 is 2. The molecule has 4 rings (SSSR count). The molecule has 1 aromatic heterocycles. The summed E-state index contributed by atoms with van der Waals surface area (Å²) >= 11 is 0. The summed E-state index contributed by atoms with van der Waals surface area (Å²) in [6.45, 7) is 6.60. The summed E-state index contributed by atoms with van der Waals surface area (Å²) in [5.41, 5.74) is 2.89. The van der Waals surface area contributed by atoms with Crippen LogP contribution in [0.25, 0.3) is 16.6 Å². The Bertz CT molecular complexity index is 1470. The Morgan fingerprint density at radius 2 is 1.74 bits per heavy atom. The Labute approximate surface area is 223 Å². The number of ether oxygens (including phenoxy) is 2. The lowest BCUT2D eigenvalue weighted by Crippen LogP contribution is -2.41. The molecule has 0 spiro atoms. The number of nitrogens with zero attached hydrogens (tertiary/aromatic N) is 3. The highest BCUT2D eigenvalue weighted by molar-refractivity contribution is 5.84. The average Bonchev–Trinajstić information content (AvgIpc) is 2.94. The Balaban J connectivity index is 1.93. The second kappa shape index (κ2) is 12.0. The molecule has 0 aliphatic rings. The molecule has 1 amide bonds. The lowest BCUT2D eigenvalue weighted by Gasteiger charge is -2.33. The highest BCUT2D eigenvalue weighted by Gasteiger charge is 2.31. The monoisotopic (exact) mass is 513 g/mol. The molecule has 0 N–H and O–H groups in total. The molecule has 0 aliphatic heterocycles. The van der Waals surface area contributed by atoms with E-state index in [0.29, 0.717) is 47.7 Å². The molecule has 3 aromatic carbocycles. The first-order chi connectivity index (χ1) is 18.4. The number of rotatable bonds is 10. The van der Waals surface area contributed by atoms with Crippen LogP contribution in [0.1, 0.15) is 49.2 Å². The van der Waals surface area contributed by atoms with Gasteiger partial charge in [0.25, 0.3) is 5.56 Å². The van der Waals surface area contributed by atoms with Gasteiger partial charge in [-0.25, -0.2) is 4.98 Å². The van der Waals surface area contributed by atoms with Crippen molar-refractivity contribution in [1.82, 2.24) is 14.5 Å². The molecule has 198 valence electrons. The minimum atomic E-state index is -0.530. The lowest BCUT2D eigenvalue weighted by molar-refractivity contribution is -0.136. The number of benzene rings is 3. The van der Waals surface area contributed by atoms with Gasteiger partial charge in [-0.3, -0.25) is 14.2 Å². The van der Waals surface area contributed by atoms with Crippen molar-refractivity contribution in [1.29, 1.82) is 0 Å². The predicted octanol–water partition coefficient (Wildman–Crippen LogP) is 5.43. The summed E-state index contributed by atoms with van der Waals surface area (Å²) in [6.07, 6.45) is 0.642. The van der Waals surface area contributed by atoms with Gasteiger partial charge >= 0.3 is 0 Å². The van der Waals surface area contributed by atoms with Crippen molar-refractivity contribution in [3.8, 4) is 11.4 Å². The topological polar surface area (TPSA) is 73.7 Å². The van der Waals surface area contributed by atoms with E-state index in [0.717, 1.165) is 11.1 Å². The number of fused-ring (bicyclic) bond motifs is 1. The Kier molecular flexibility index (Phi) is 8.59. The highest BCUT2D eigenvalue weighted by Crippen LogP contribution is 2.31. The third kappa shape index (κ3) is 5.34. The van der Waals surface area contributed by atoms with Crippen LogP contribution in [0.3, 0.4) is 0 Å². The van der Waals surface area contributed by atoms with E-state index in [1.54, 1.807) is 29.8 Å². The van der Waals surface area contributed by atoms with Crippen LogP contribution in [0.2, 0.25) is 0 Å². The summed E-state index contributed by atoms with van der Waals surface area (Å²) in [5.74, 6) is 0.650. The summed E-state index contributed by atoms with van der Waals surface area (Å²) in [6, 6.07) is 22.2. The van der Waals surface area contributed by atoms with Crippen molar-refractivity contribution < 1.29 is 14.3 Å². The van der Waals surface area contributed by atoms with E-state index in [1.165, 1.54) is 0 Å². The van der Waals surface area contributed by atoms with Gasteiger partial charge in [-0.2, -0.15) is 0 Å². The smallest absolute Gasteiger partial charge is 0.266 e. The minimum absolute atomic E-state index is 0.0339. The Morgan fingerprint density at radius 1 is 1.03 bits per heavy atom. The fourth-order valence-electron chi connectivity index (χ4n) is 4.90. The van der Waals surface area contributed by atoms with Crippen LogP contribution >= 0.6 is 0 Å². The molecule has 0 fully saturated rings. The molecule has 1 heterocycles. The summed E-state index contributed by atoms with van der Waals surface area (Å²) in [7, 11) is 3.19. The van der Waals surface area contributed by atoms with Crippen LogP contribution < -0.4 is 10.3 Å². The average molecular weight is 514 g/mol. The molecule has 7 nitrogen and oxygen atoms in total. The Morgan fingerprint density at radius 3 is 2.42 bits per heavy atom. The highest BCUT2D eigenvalue weighted by atomic mass is 16.5. The van der Waals surface area contributed by atoms with Gasteiger partial charge in [0, 0.05) is 13.7 Å². The number of carbonyl (C=O) groups excluding carboxylic acids is 1. The number of amides is 1. The van der Waals surface area contributed by atoms with E-state index in [-0.39, 0.29) is 17.4 Å². The molecular weight excluding hydrogens is 478 g/mol. The summed E-state index contributed by atoms with van der Waals surface area (Å²) in [5, 5.41) is 0.498. The normalized spacial score (nSPS) is 12.8. The molecule has 0 saturated carbocycles. The van der Waals surface area contributed by atoms with Gasteiger partial charge in [0.15, 0.2) is 0 Å². The van der Waals surface area contributed by atoms with Crippen LogP contribution in [0.5, 0.6) is 5.75 Å². The van der Waals surface area contributed by atoms with E-state index in [4.69, 9.17) is 14.5 Å². The SMILES string of the molecule is CCC(C(=O)N(CCOC)C(C)c1nc2ccccc2c(=O)n1-c1cc(C)ccc1OC)c1ccccc1. The van der Waals surface area contributed by atoms with Crippen molar-refractivity contribution in [3.63, 3.8) is 0 Å². The van der Waals surface area contributed by atoms with E-state index < -0.39 is 6.04 Å². The van der Waals surface area contributed by atoms with E-state index >= 15 is 0 Å². The molecule has 2 unspecified atom stereocenters. The van der Waals surface area contributed by atoms with Gasteiger partial charge in [0.2, 0.25) is 5.91 Å². The van der Waals surface area contributed by atoms with Crippen molar-refractivity contribution in [2.45, 2.75) is 39.2 Å². The zero-order valence-electron chi connectivity index (χ0n) is 22.7. The maximum atomic E-state index is 14.1. The number of carbonyl (C=O) groups is 1. The summed E-state index contributed by atoms with van der Waals surface area (Å²) < 4.78 is 12.6. The van der Waals surface area contributed by atoms with Crippen molar-refractivity contribution in [3.05, 3.63) is 100 Å². The van der Waals surface area contributed by atoms with Crippen molar-refractivity contribution >= 4 is 16.8 Å². The van der Waals surface area contributed by atoms with Crippen LogP contribution in [0.4, 0.5) is 0 Å². The summed E-state index contributed by atoms with van der Waals surface area (Å²) in [4.78, 5) is 34.8. The molecule has 2 atom stereocenters. The molecular formula is C31H35N3O4. The van der Waals surface area contributed by atoms with E-state index in [1.807, 2.05) is 87.5 Å². The maximum absolute atomic E-state index is 14.1. The largest absolute Gasteiger partial charge is 0.495 e. The first-order valence-corrected chi connectivity index (χ1v) is 12.9. The van der Waals surface area contributed by atoms with Gasteiger partial charge in [-0.15, -0.1) is 0 Å². The van der Waals surface area contributed by atoms with Gasteiger partial charge in [-0.05, 0) is 55.7 Å². The third-order valence-electron chi connectivity index (χ3n) is 6.95. The predicted molar refractivity (Wildman–Crippen MR) is 150 cm³/mol. The number of aromatic nitrogens is 2. The van der Waals surface area contributed by atoms with Gasteiger partial charge in [0.05, 0.1) is 42.3 Å². The fourth-order valence-corrected chi connectivity index (χ4v) is 4.90. The molecule has 38 heavy (non-hydrogen) atoms. The van der Waals surface area contributed by atoms with Crippen LogP contribution in [-0.2, 0) is 9.53 Å². The van der Waals surface area contributed by atoms with E-state index in [2.05, 4.69) is 0 Å². The zero-order valence-corrected chi connectivity index (χ0v) is 22.7. The number of hydrogen-bond acceptors (Lipinski definition) is 5. The van der Waals surface area contributed by atoms with Gasteiger partial charge in [-0.1, -0.05) is 55.5 Å². The van der Waals surface area contributed by atoms with E-state index in [9.17, 15) is 9.59 Å². The van der Waals surface area contributed by atoms with Gasteiger partial charge < -0.3 is 14.4 Å². The molecule has 0 radical (unpaired) electrons.